The topological polar surface area (TPSA) is 85.4 Å². The minimum absolute atomic E-state index is 0.0828. The Morgan fingerprint density at radius 1 is 0.879 bits per heavy atom. The maximum atomic E-state index is 12.9. The predicted octanol–water partition coefficient (Wildman–Crippen LogP) is 3.62. The first-order valence-electron chi connectivity index (χ1n) is 10.8. The molecule has 8 heteroatoms. The summed E-state index contributed by atoms with van der Waals surface area (Å²) in [4.78, 5) is 40.4. The van der Waals surface area contributed by atoms with E-state index in [1.165, 1.54) is 0 Å². The molecule has 0 aliphatic carbocycles. The van der Waals surface area contributed by atoms with Crippen LogP contribution in [0.15, 0.2) is 54.6 Å². The molecule has 1 heterocycles. The van der Waals surface area contributed by atoms with E-state index in [4.69, 9.17) is 14.2 Å². The zero-order chi connectivity index (χ0) is 23.6. The number of ether oxygens (including phenoxy) is 3. The number of carbonyl (C=O) groups excluding carboxylic acids is 3. The van der Waals surface area contributed by atoms with Gasteiger partial charge in [0.1, 0.15) is 11.5 Å². The van der Waals surface area contributed by atoms with Gasteiger partial charge in [0.15, 0.2) is 0 Å². The molecule has 2 aromatic carbocycles. The highest BCUT2D eigenvalue weighted by Crippen LogP contribution is 2.16. The van der Waals surface area contributed by atoms with Gasteiger partial charge < -0.3 is 24.0 Å². The van der Waals surface area contributed by atoms with Crippen molar-refractivity contribution < 1.29 is 28.6 Å². The van der Waals surface area contributed by atoms with E-state index in [1.807, 2.05) is 24.3 Å². The fourth-order valence-electron chi connectivity index (χ4n) is 3.42. The Morgan fingerprint density at radius 3 is 2.18 bits per heavy atom. The summed E-state index contributed by atoms with van der Waals surface area (Å²) in [7, 11) is 1.61. The Labute approximate surface area is 193 Å². The molecule has 1 saturated heterocycles. The lowest BCUT2D eigenvalue weighted by atomic mass is 10.2. The van der Waals surface area contributed by atoms with Crippen LogP contribution < -0.4 is 9.47 Å². The van der Waals surface area contributed by atoms with Crippen LogP contribution in [0.2, 0.25) is 0 Å². The average Bonchev–Trinajstić information content (AvgIpc) is 3.09. The van der Waals surface area contributed by atoms with E-state index in [1.54, 1.807) is 60.3 Å². The highest BCUT2D eigenvalue weighted by Gasteiger charge is 2.22. The van der Waals surface area contributed by atoms with Gasteiger partial charge in [-0.1, -0.05) is 12.1 Å². The van der Waals surface area contributed by atoms with Crippen molar-refractivity contribution in [3.05, 3.63) is 65.7 Å². The van der Waals surface area contributed by atoms with E-state index in [9.17, 15) is 14.4 Å². The summed E-state index contributed by atoms with van der Waals surface area (Å²) >= 11 is 0. The lowest BCUT2D eigenvalue weighted by Crippen LogP contribution is -2.36. The molecule has 0 aromatic heterocycles. The maximum Gasteiger partial charge on any atom is 0.513 e. The van der Waals surface area contributed by atoms with Gasteiger partial charge in [0, 0.05) is 37.8 Å². The van der Waals surface area contributed by atoms with Crippen LogP contribution in [0.5, 0.6) is 11.5 Å². The number of amides is 2. The third-order valence-corrected chi connectivity index (χ3v) is 5.19. The molecule has 8 nitrogen and oxygen atoms in total. The van der Waals surface area contributed by atoms with Crippen molar-refractivity contribution in [1.82, 2.24) is 9.80 Å². The molecule has 2 amide bonds. The lowest BCUT2D eigenvalue weighted by Gasteiger charge is -2.21. The van der Waals surface area contributed by atoms with Crippen LogP contribution in [0.25, 0.3) is 6.08 Å². The predicted molar refractivity (Wildman–Crippen MR) is 123 cm³/mol. The summed E-state index contributed by atoms with van der Waals surface area (Å²) in [5.41, 5.74) is 1.40. The smallest absolute Gasteiger partial charge is 0.497 e. The molecule has 0 N–H and O–H groups in total. The number of methoxy groups -OCH3 is 1. The van der Waals surface area contributed by atoms with Gasteiger partial charge in [0.05, 0.1) is 13.7 Å². The largest absolute Gasteiger partial charge is 0.513 e. The quantitative estimate of drug-likeness (QED) is 0.378. The molecular weight excluding hydrogens is 424 g/mol. The number of hydrogen-bond acceptors (Lipinski definition) is 6. The zero-order valence-electron chi connectivity index (χ0n) is 18.9. The molecule has 1 aliphatic rings. The standard InChI is InChI=1S/C25H28N2O6/c1-3-32-25(30)33-22-12-8-20(9-13-22)24(29)27-16-4-15-26(17-18-27)23(28)14-7-19-5-10-21(31-2)11-6-19/h5-14H,3-4,15-18H2,1-2H3/b14-7+. The number of nitrogens with zero attached hydrogens (tertiary/aromatic N) is 2. The van der Waals surface area contributed by atoms with Crippen molar-refractivity contribution in [1.29, 1.82) is 0 Å². The van der Waals surface area contributed by atoms with Crippen LogP contribution in [0.3, 0.4) is 0 Å². The van der Waals surface area contributed by atoms with Crippen molar-refractivity contribution in [3.8, 4) is 11.5 Å². The van der Waals surface area contributed by atoms with E-state index in [0.29, 0.717) is 43.9 Å². The number of carbonyl (C=O) groups is 3. The normalized spacial score (nSPS) is 14.0. The van der Waals surface area contributed by atoms with Crippen LogP contribution in [0.1, 0.15) is 29.3 Å². The second-order valence-corrected chi connectivity index (χ2v) is 7.39. The van der Waals surface area contributed by atoms with Gasteiger partial charge >= 0.3 is 6.16 Å². The van der Waals surface area contributed by atoms with Crippen LogP contribution in [-0.2, 0) is 9.53 Å². The Morgan fingerprint density at radius 2 is 1.52 bits per heavy atom. The monoisotopic (exact) mass is 452 g/mol. The fraction of sp³-hybridized carbons (Fsp3) is 0.320. The SMILES string of the molecule is CCOC(=O)Oc1ccc(C(=O)N2CCCN(C(=O)/C=C/c3ccc(OC)cc3)CC2)cc1. The number of benzene rings is 2. The van der Waals surface area contributed by atoms with Gasteiger partial charge in [-0.2, -0.15) is 0 Å². The first-order valence-corrected chi connectivity index (χ1v) is 10.8. The Hall–Kier alpha value is -3.81. The molecule has 0 saturated carbocycles. The van der Waals surface area contributed by atoms with E-state index in [2.05, 4.69) is 0 Å². The Balaban J connectivity index is 1.54. The van der Waals surface area contributed by atoms with Crippen molar-refractivity contribution in [2.75, 3.05) is 39.9 Å². The summed E-state index contributed by atoms with van der Waals surface area (Å²) in [6.07, 6.45) is 3.24. The second kappa shape index (κ2) is 11.7. The van der Waals surface area contributed by atoms with Gasteiger partial charge in [-0.25, -0.2) is 4.79 Å². The number of hydrogen-bond donors (Lipinski definition) is 0. The fourth-order valence-corrected chi connectivity index (χ4v) is 3.42. The van der Waals surface area contributed by atoms with Crippen molar-refractivity contribution in [3.63, 3.8) is 0 Å². The van der Waals surface area contributed by atoms with Crippen LogP contribution in [0, 0.1) is 0 Å². The van der Waals surface area contributed by atoms with E-state index < -0.39 is 6.16 Å². The molecule has 0 radical (unpaired) electrons. The van der Waals surface area contributed by atoms with Crippen LogP contribution in [-0.4, -0.2) is 67.7 Å². The zero-order valence-corrected chi connectivity index (χ0v) is 18.9. The summed E-state index contributed by atoms with van der Waals surface area (Å²) in [5.74, 6) is 0.861. The van der Waals surface area contributed by atoms with E-state index >= 15 is 0 Å². The Kier molecular flexibility index (Phi) is 8.46. The first kappa shape index (κ1) is 23.8. The maximum absolute atomic E-state index is 12.9. The van der Waals surface area contributed by atoms with Crippen molar-refractivity contribution >= 4 is 24.0 Å². The van der Waals surface area contributed by atoms with E-state index in [0.717, 1.165) is 11.3 Å². The molecule has 2 aromatic rings. The van der Waals surface area contributed by atoms with Gasteiger partial charge in [-0.05, 0) is 61.4 Å². The summed E-state index contributed by atoms with van der Waals surface area (Å²) in [6.45, 7) is 3.97. The highest BCUT2D eigenvalue weighted by atomic mass is 16.7. The van der Waals surface area contributed by atoms with Gasteiger partial charge in [0.2, 0.25) is 5.91 Å². The molecular formula is C25H28N2O6. The summed E-state index contributed by atoms with van der Waals surface area (Å²) < 4.78 is 14.9. The Bertz CT molecular complexity index is 985. The summed E-state index contributed by atoms with van der Waals surface area (Å²) in [5, 5.41) is 0. The van der Waals surface area contributed by atoms with Gasteiger partial charge in [0.25, 0.3) is 5.91 Å². The molecule has 0 spiro atoms. The highest BCUT2D eigenvalue weighted by molar-refractivity contribution is 5.95. The van der Waals surface area contributed by atoms with Crippen molar-refractivity contribution in [2.24, 2.45) is 0 Å². The molecule has 0 atom stereocenters. The molecule has 1 fully saturated rings. The lowest BCUT2D eigenvalue weighted by molar-refractivity contribution is -0.125. The van der Waals surface area contributed by atoms with Gasteiger partial charge in [-0.15, -0.1) is 0 Å². The molecule has 0 bridgehead atoms. The van der Waals surface area contributed by atoms with Crippen LogP contribution >= 0.6 is 0 Å². The molecule has 1 aliphatic heterocycles. The summed E-state index contributed by atoms with van der Waals surface area (Å²) in [6, 6.07) is 13.8. The van der Waals surface area contributed by atoms with Crippen molar-refractivity contribution in [2.45, 2.75) is 13.3 Å². The number of rotatable bonds is 6. The molecule has 3 rings (SSSR count). The molecule has 33 heavy (non-hydrogen) atoms. The average molecular weight is 453 g/mol. The third-order valence-electron chi connectivity index (χ3n) is 5.19. The minimum Gasteiger partial charge on any atom is -0.497 e. The molecule has 0 unspecified atom stereocenters. The first-order chi connectivity index (χ1) is 16.0. The van der Waals surface area contributed by atoms with Gasteiger partial charge in [-0.3, -0.25) is 9.59 Å². The molecule has 174 valence electrons. The van der Waals surface area contributed by atoms with Crippen LogP contribution in [0.4, 0.5) is 4.79 Å². The van der Waals surface area contributed by atoms with E-state index in [-0.39, 0.29) is 18.4 Å². The minimum atomic E-state index is -0.783. The second-order valence-electron chi connectivity index (χ2n) is 7.39. The third kappa shape index (κ3) is 6.83.